The van der Waals surface area contributed by atoms with Gasteiger partial charge in [0.25, 0.3) is 0 Å². The largest absolute Gasteiger partial charge is 0.435 e. The summed E-state index contributed by atoms with van der Waals surface area (Å²) in [6.07, 6.45) is -1.01. The van der Waals surface area contributed by atoms with Gasteiger partial charge in [-0.1, -0.05) is 30.3 Å². The molecule has 2 aliphatic heterocycles. The van der Waals surface area contributed by atoms with Crippen LogP contribution in [-0.4, -0.2) is 24.5 Å². The first kappa shape index (κ1) is 12.2. The molecule has 0 aromatic heterocycles. The molecular weight excluding hydrogens is 248 g/mol. The molecular formula is C14H14O5. The van der Waals surface area contributed by atoms with Crippen molar-refractivity contribution in [3.05, 3.63) is 35.9 Å². The van der Waals surface area contributed by atoms with Crippen molar-refractivity contribution >= 4 is 11.9 Å². The van der Waals surface area contributed by atoms with Crippen LogP contribution in [0.25, 0.3) is 0 Å². The molecule has 0 N–H and O–H groups in total. The van der Waals surface area contributed by atoms with Gasteiger partial charge in [0.1, 0.15) is 0 Å². The van der Waals surface area contributed by atoms with Crippen LogP contribution in [0.3, 0.4) is 0 Å². The van der Waals surface area contributed by atoms with Crippen LogP contribution in [0, 0.1) is 5.92 Å². The molecule has 2 heterocycles. The zero-order valence-corrected chi connectivity index (χ0v) is 10.4. The van der Waals surface area contributed by atoms with Gasteiger partial charge in [0.2, 0.25) is 12.6 Å². The predicted molar refractivity (Wildman–Crippen MR) is 63.8 cm³/mol. The fraction of sp³-hybridized carbons (Fsp3) is 0.429. The SMILES string of the molecule is CC(=O)O[C@@H]1O[C@H]2OC(=O)C[C@H]2[C@@H]1c1ccccc1. The fourth-order valence-corrected chi connectivity index (χ4v) is 2.74. The number of carbonyl (C=O) groups excluding carboxylic acids is 2. The molecule has 19 heavy (non-hydrogen) atoms. The number of carbonyl (C=O) groups is 2. The highest BCUT2D eigenvalue weighted by atomic mass is 16.8. The molecule has 0 unspecified atom stereocenters. The third-order valence-corrected chi connectivity index (χ3v) is 3.49. The van der Waals surface area contributed by atoms with Crippen molar-refractivity contribution in [1.82, 2.24) is 0 Å². The van der Waals surface area contributed by atoms with Crippen molar-refractivity contribution in [1.29, 1.82) is 0 Å². The van der Waals surface area contributed by atoms with E-state index in [1.807, 2.05) is 30.3 Å². The second-order valence-electron chi connectivity index (χ2n) is 4.78. The van der Waals surface area contributed by atoms with E-state index in [0.29, 0.717) is 6.42 Å². The van der Waals surface area contributed by atoms with Gasteiger partial charge < -0.3 is 14.2 Å². The Labute approximate surface area is 110 Å². The summed E-state index contributed by atoms with van der Waals surface area (Å²) in [5.41, 5.74) is 0.986. The lowest BCUT2D eigenvalue weighted by atomic mass is 9.86. The Hall–Kier alpha value is -1.88. The van der Waals surface area contributed by atoms with E-state index in [0.717, 1.165) is 5.56 Å². The summed E-state index contributed by atoms with van der Waals surface area (Å²) < 4.78 is 15.8. The summed E-state index contributed by atoms with van der Waals surface area (Å²) in [5.74, 6) is -0.935. The van der Waals surface area contributed by atoms with Crippen LogP contribution in [0.5, 0.6) is 0 Å². The highest BCUT2D eigenvalue weighted by molar-refractivity contribution is 5.72. The van der Waals surface area contributed by atoms with Crippen molar-refractivity contribution < 1.29 is 23.8 Å². The van der Waals surface area contributed by atoms with Gasteiger partial charge in [-0.3, -0.25) is 9.59 Å². The number of hydrogen-bond acceptors (Lipinski definition) is 5. The molecule has 2 saturated heterocycles. The maximum atomic E-state index is 11.4. The molecule has 4 atom stereocenters. The number of benzene rings is 1. The molecule has 0 saturated carbocycles. The van der Waals surface area contributed by atoms with Gasteiger partial charge in [-0.05, 0) is 5.56 Å². The van der Waals surface area contributed by atoms with Crippen LogP contribution in [0.4, 0.5) is 0 Å². The monoisotopic (exact) mass is 262 g/mol. The second kappa shape index (κ2) is 4.66. The average molecular weight is 262 g/mol. The Balaban J connectivity index is 1.90. The first-order chi connectivity index (χ1) is 9.15. The first-order valence-corrected chi connectivity index (χ1v) is 6.22. The van der Waals surface area contributed by atoms with E-state index in [9.17, 15) is 9.59 Å². The molecule has 0 aliphatic carbocycles. The topological polar surface area (TPSA) is 61.8 Å². The number of hydrogen-bond donors (Lipinski definition) is 0. The van der Waals surface area contributed by atoms with E-state index in [2.05, 4.69) is 0 Å². The Morgan fingerprint density at radius 2 is 2.05 bits per heavy atom. The lowest BCUT2D eigenvalue weighted by molar-refractivity contribution is -0.205. The maximum absolute atomic E-state index is 11.4. The highest BCUT2D eigenvalue weighted by Crippen LogP contribution is 2.46. The number of esters is 2. The van der Waals surface area contributed by atoms with Gasteiger partial charge in [0, 0.05) is 12.8 Å². The van der Waals surface area contributed by atoms with Crippen molar-refractivity contribution in [2.45, 2.75) is 31.8 Å². The van der Waals surface area contributed by atoms with Gasteiger partial charge in [0.15, 0.2) is 0 Å². The average Bonchev–Trinajstić information content (AvgIpc) is 2.84. The zero-order chi connectivity index (χ0) is 13.4. The fourth-order valence-electron chi connectivity index (χ4n) is 2.74. The summed E-state index contributed by atoms with van der Waals surface area (Å²) in [5, 5.41) is 0. The molecule has 0 amide bonds. The molecule has 2 aliphatic rings. The number of fused-ring (bicyclic) bond motifs is 1. The van der Waals surface area contributed by atoms with Crippen LogP contribution in [0.15, 0.2) is 30.3 Å². The van der Waals surface area contributed by atoms with Crippen molar-refractivity contribution in [3.63, 3.8) is 0 Å². The Kier molecular flexibility index (Phi) is 2.98. The predicted octanol–water partition coefficient (Wildman–Crippen LogP) is 1.58. The summed E-state index contributed by atoms with van der Waals surface area (Å²) >= 11 is 0. The Bertz CT molecular complexity index is 498. The van der Waals surface area contributed by atoms with Crippen LogP contribution in [-0.2, 0) is 23.8 Å². The summed E-state index contributed by atoms with van der Waals surface area (Å²) in [4.78, 5) is 22.5. The third-order valence-electron chi connectivity index (χ3n) is 3.49. The van der Waals surface area contributed by atoms with Crippen molar-refractivity contribution in [3.8, 4) is 0 Å². The molecule has 1 aromatic carbocycles. The summed E-state index contributed by atoms with van der Waals surface area (Å²) in [6, 6.07) is 9.61. The van der Waals surface area contributed by atoms with Crippen molar-refractivity contribution in [2.24, 2.45) is 5.92 Å². The minimum atomic E-state index is -0.692. The molecule has 1 aromatic rings. The Morgan fingerprint density at radius 1 is 1.32 bits per heavy atom. The van der Waals surface area contributed by atoms with E-state index in [-0.39, 0.29) is 17.8 Å². The Morgan fingerprint density at radius 3 is 2.74 bits per heavy atom. The van der Waals surface area contributed by atoms with Gasteiger partial charge in [-0.2, -0.15) is 0 Å². The number of rotatable bonds is 2. The summed E-state index contributed by atoms with van der Waals surface area (Å²) in [7, 11) is 0. The van der Waals surface area contributed by atoms with Crippen molar-refractivity contribution in [2.75, 3.05) is 0 Å². The van der Waals surface area contributed by atoms with Crippen LogP contribution in [0.2, 0.25) is 0 Å². The van der Waals surface area contributed by atoms with E-state index in [1.165, 1.54) is 6.92 Å². The molecule has 3 rings (SSSR count). The molecule has 0 spiro atoms. The van der Waals surface area contributed by atoms with Gasteiger partial charge in [-0.15, -0.1) is 0 Å². The second-order valence-corrected chi connectivity index (χ2v) is 4.78. The third kappa shape index (κ3) is 2.21. The lowest BCUT2D eigenvalue weighted by Crippen LogP contribution is -2.24. The molecule has 0 radical (unpaired) electrons. The molecule has 100 valence electrons. The van der Waals surface area contributed by atoms with Gasteiger partial charge >= 0.3 is 11.9 Å². The van der Waals surface area contributed by atoms with Gasteiger partial charge in [-0.25, -0.2) is 0 Å². The number of ether oxygens (including phenoxy) is 3. The van der Waals surface area contributed by atoms with Crippen LogP contribution >= 0.6 is 0 Å². The lowest BCUT2D eigenvalue weighted by Gasteiger charge is -2.20. The molecule has 2 fully saturated rings. The van der Waals surface area contributed by atoms with Gasteiger partial charge in [0.05, 0.1) is 12.3 Å². The normalized spacial score (nSPS) is 32.8. The molecule has 0 bridgehead atoms. The maximum Gasteiger partial charge on any atom is 0.308 e. The van der Waals surface area contributed by atoms with Crippen LogP contribution < -0.4 is 0 Å². The standard InChI is InChI=1S/C14H14O5/c1-8(15)17-14-12(9-5-3-2-4-6-9)10-7-11(16)18-13(10)19-14/h2-6,10,12-14H,7H2,1H3/t10-,12-,13+,14+/m0/s1. The van der Waals surface area contributed by atoms with E-state index < -0.39 is 18.5 Å². The highest BCUT2D eigenvalue weighted by Gasteiger charge is 2.53. The van der Waals surface area contributed by atoms with E-state index in [1.54, 1.807) is 0 Å². The smallest absolute Gasteiger partial charge is 0.308 e. The van der Waals surface area contributed by atoms with Crippen LogP contribution in [0.1, 0.15) is 24.8 Å². The summed E-state index contributed by atoms with van der Waals surface area (Å²) in [6.45, 7) is 1.34. The van der Waals surface area contributed by atoms with E-state index >= 15 is 0 Å². The zero-order valence-electron chi connectivity index (χ0n) is 10.4. The first-order valence-electron chi connectivity index (χ1n) is 6.22. The molecule has 5 heteroatoms. The quantitative estimate of drug-likeness (QED) is 0.757. The molecule has 5 nitrogen and oxygen atoms in total. The van der Waals surface area contributed by atoms with E-state index in [4.69, 9.17) is 14.2 Å². The minimum absolute atomic E-state index is 0.0979. The minimum Gasteiger partial charge on any atom is -0.435 e.